The SMILES string of the molecule is CCOC(=O)[C@@H]1C(=O)OC[C@@]1(c1ccc(Br)cc1)C1(C)OC(=O)C(C)=C1C. The van der Waals surface area contributed by atoms with Gasteiger partial charge in [-0.3, -0.25) is 9.59 Å². The van der Waals surface area contributed by atoms with Gasteiger partial charge in [-0.2, -0.15) is 0 Å². The van der Waals surface area contributed by atoms with Gasteiger partial charge in [-0.15, -0.1) is 0 Å². The van der Waals surface area contributed by atoms with Crippen LogP contribution in [-0.2, 0) is 34.0 Å². The molecule has 3 atom stereocenters. The summed E-state index contributed by atoms with van der Waals surface area (Å²) >= 11 is 3.40. The first-order valence-corrected chi connectivity index (χ1v) is 9.49. The molecule has 0 saturated carbocycles. The third kappa shape index (κ3) is 2.71. The Kier molecular flexibility index (Phi) is 4.93. The Morgan fingerprint density at radius 1 is 1.26 bits per heavy atom. The molecule has 2 aliphatic heterocycles. The van der Waals surface area contributed by atoms with Crippen molar-refractivity contribution in [3.63, 3.8) is 0 Å². The first-order valence-electron chi connectivity index (χ1n) is 8.69. The number of benzene rings is 1. The van der Waals surface area contributed by atoms with E-state index in [1.807, 2.05) is 12.1 Å². The zero-order valence-electron chi connectivity index (χ0n) is 15.6. The van der Waals surface area contributed by atoms with Gasteiger partial charge in [0.1, 0.15) is 12.2 Å². The van der Waals surface area contributed by atoms with E-state index in [0.717, 1.165) is 4.47 Å². The van der Waals surface area contributed by atoms with Crippen LogP contribution in [0, 0.1) is 5.92 Å². The minimum atomic E-state index is -1.24. The fourth-order valence-corrected chi connectivity index (χ4v) is 4.30. The smallest absolute Gasteiger partial charge is 0.334 e. The normalized spacial score (nSPS) is 30.3. The molecule has 0 spiro atoms. The zero-order chi connectivity index (χ0) is 20.0. The molecule has 0 radical (unpaired) electrons. The number of ether oxygens (including phenoxy) is 3. The summed E-state index contributed by atoms with van der Waals surface area (Å²) in [4.78, 5) is 37.8. The average molecular weight is 437 g/mol. The minimum absolute atomic E-state index is 0.0919. The van der Waals surface area contributed by atoms with Crippen molar-refractivity contribution in [2.24, 2.45) is 5.92 Å². The molecule has 0 amide bonds. The Balaban J connectivity index is 2.28. The van der Waals surface area contributed by atoms with Crippen molar-refractivity contribution in [2.75, 3.05) is 13.2 Å². The molecule has 1 saturated heterocycles. The lowest BCUT2D eigenvalue weighted by molar-refractivity contribution is -0.164. The molecule has 0 aromatic heterocycles. The van der Waals surface area contributed by atoms with E-state index < -0.39 is 34.8 Å². The molecule has 0 aliphatic carbocycles. The molecule has 6 nitrogen and oxygen atoms in total. The van der Waals surface area contributed by atoms with E-state index in [0.29, 0.717) is 16.7 Å². The second kappa shape index (κ2) is 6.78. The van der Waals surface area contributed by atoms with Crippen molar-refractivity contribution in [1.29, 1.82) is 0 Å². The summed E-state index contributed by atoms with van der Waals surface area (Å²) in [6.45, 7) is 6.90. The summed E-state index contributed by atoms with van der Waals surface area (Å²) in [6.07, 6.45) is 0. The van der Waals surface area contributed by atoms with E-state index >= 15 is 0 Å². The number of carbonyl (C=O) groups excluding carboxylic acids is 3. The molecule has 27 heavy (non-hydrogen) atoms. The van der Waals surface area contributed by atoms with Crippen molar-refractivity contribution in [2.45, 2.75) is 38.7 Å². The Morgan fingerprint density at radius 3 is 2.41 bits per heavy atom. The number of hydrogen-bond acceptors (Lipinski definition) is 6. The fraction of sp³-hybridized carbons (Fsp3) is 0.450. The van der Waals surface area contributed by atoms with Gasteiger partial charge in [-0.25, -0.2) is 4.79 Å². The lowest BCUT2D eigenvalue weighted by Crippen LogP contribution is -2.58. The highest BCUT2D eigenvalue weighted by molar-refractivity contribution is 9.10. The summed E-state index contributed by atoms with van der Waals surface area (Å²) in [6, 6.07) is 7.23. The van der Waals surface area contributed by atoms with Crippen molar-refractivity contribution in [3.8, 4) is 0 Å². The first-order chi connectivity index (χ1) is 12.7. The molecular weight excluding hydrogens is 416 g/mol. The van der Waals surface area contributed by atoms with Crippen LogP contribution in [-0.4, -0.2) is 36.7 Å². The van der Waals surface area contributed by atoms with Crippen LogP contribution in [0.1, 0.15) is 33.3 Å². The summed E-state index contributed by atoms with van der Waals surface area (Å²) < 4.78 is 17.2. The van der Waals surface area contributed by atoms with Crippen molar-refractivity contribution in [1.82, 2.24) is 0 Å². The maximum Gasteiger partial charge on any atom is 0.334 e. The highest BCUT2D eigenvalue weighted by Gasteiger charge is 2.69. The van der Waals surface area contributed by atoms with Crippen molar-refractivity contribution in [3.05, 3.63) is 45.4 Å². The van der Waals surface area contributed by atoms with Crippen LogP contribution in [0.5, 0.6) is 0 Å². The predicted octanol–water partition coefficient (Wildman–Crippen LogP) is 3.07. The fourth-order valence-electron chi connectivity index (χ4n) is 4.04. The number of rotatable bonds is 4. The molecule has 0 bridgehead atoms. The van der Waals surface area contributed by atoms with E-state index in [1.54, 1.807) is 39.8 Å². The van der Waals surface area contributed by atoms with E-state index in [1.165, 1.54) is 0 Å². The minimum Gasteiger partial charge on any atom is -0.465 e. The van der Waals surface area contributed by atoms with Gasteiger partial charge in [0.25, 0.3) is 0 Å². The lowest BCUT2D eigenvalue weighted by Gasteiger charge is -2.44. The van der Waals surface area contributed by atoms with Gasteiger partial charge in [0, 0.05) is 10.0 Å². The van der Waals surface area contributed by atoms with Gasteiger partial charge in [0.15, 0.2) is 5.92 Å². The quantitative estimate of drug-likeness (QED) is 0.409. The van der Waals surface area contributed by atoms with E-state index in [4.69, 9.17) is 14.2 Å². The monoisotopic (exact) mass is 436 g/mol. The molecule has 7 heteroatoms. The van der Waals surface area contributed by atoms with E-state index in [2.05, 4.69) is 15.9 Å². The van der Waals surface area contributed by atoms with Gasteiger partial charge in [0.2, 0.25) is 0 Å². The second-order valence-electron chi connectivity index (χ2n) is 6.94. The Hall–Kier alpha value is -2.15. The lowest BCUT2D eigenvalue weighted by atomic mass is 9.59. The summed E-state index contributed by atoms with van der Waals surface area (Å²) in [5.41, 5.74) is -0.655. The highest BCUT2D eigenvalue weighted by atomic mass is 79.9. The van der Waals surface area contributed by atoms with Crippen LogP contribution in [0.4, 0.5) is 0 Å². The molecule has 1 aromatic rings. The topological polar surface area (TPSA) is 78.9 Å². The summed E-state index contributed by atoms with van der Waals surface area (Å²) in [7, 11) is 0. The molecule has 1 fully saturated rings. The van der Waals surface area contributed by atoms with Gasteiger partial charge >= 0.3 is 17.9 Å². The van der Waals surface area contributed by atoms with Crippen LogP contribution in [0.25, 0.3) is 0 Å². The molecule has 3 rings (SSSR count). The van der Waals surface area contributed by atoms with Gasteiger partial charge in [0.05, 0.1) is 12.0 Å². The zero-order valence-corrected chi connectivity index (χ0v) is 17.2. The molecule has 1 unspecified atom stereocenters. The third-order valence-corrected chi connectivity index (χ3v) is 6.31. The maximum atomic E-state index is 12.8. The van der Waals surface area contributed by atoms with E-state index in [9.17, 15) is 14.4 Å². The third-order valence-electron chi connectivity index (χ3n) is 5.78. The van der Waals surface area contributed by atoms with E-state index in [-0.39, 0.29) is 13.2 Å². The molecule has 2 heterocycles. The predicted molar refractivity (Wildman–Crippen MR) is 99.8 cm³/mol. The Labute approximate surface area is 166 Å². The van der Waals surface area contributed by atoms with Gasteiger partial charge in [-0.05, 0) is 51.0 Å². The average Bonchev–Trinajstić information content (AvgIpc) is 3.08. The Morgan fingerprint density at radius 2 is 1.89 bits per heavy atom. The molecule has 0 N–H and O–H groups in total. The van der Waals surface area contributed by atoms with Gasteiger partial charge < -0.3 is 14.2 Å². The second-order valence-corrected chi connectivity index (χ2v) is 7.86. The maximum absolute atomic E-state index is 12.8. The number of esters is 3. The summed E-state index contributed by atoms with van der Waals surface area (Å²) in [5, 5.41) is 0. The molecule has 144 valence electrons. The highest BCUT2D eigenvalue weighted by Crippen LogP contribution is 2.54. The van der Waals surface area contributed by atoms with Crippen LogP contribution in [0.2, 0.25) is 0 Å². The van der Waals surface area contributed by atoms with Gasteiger partial charge in [-0.1, -0.05) is 28.1 Å². The van der Waals surface area contributed by atoms with Crippen molar-refractivity contribution < 1.29 is 28.6 Å². The number of carbonyl (C=O) groups is 3. The van der Waals surface area contributed by atoms with Crippen LogP contribution < -0.4 is 0 Å². The molecular formula is C20H21BrO6. The number of halogens is 1. The molecule has 1 aromatic carbocycles. The van der Waals surface area contributed by atoms with Crippen molar-refractivity contribution >= 4 is 33.8 Å². The van der Waals surface area contributed by atoms with Crippen LogP contribution >= 0.6 is 15.9 Å². The Bertz CT molecular complexity index is 843. The number of hydrogen-bond donors (Lipinski definition) is 0. The summed E-state index contributed by atoms with van der Waals surface area (Å²) in [5.74, 6) is -3.06. The van der Waals surface area contributed by atoms with Crippen LogP contribution in [0.3, 0.4) is 0 Å². The molecule has 2 aliphatic rings. The number of cyclic esters (lactones) is 2. The van der Waals surface area contributed by atoms with Crippen LogP contribution in [0.15, 0.2) is 39.9 Å². The standard InChI is InChI=1S/C20H21BrO6/c1-5-25-17(23)15-18(24)26-10-20(15,13-6-8-14(21)9-7-13)19(4)12(3)11(2)16(22)27-19/h6-9,15H,5,10H2,1-4H3/t15-,19?,20+/m1/s1. The first kappa shape index (κ1) is 19.6. The largest absolute Gasteiger partial charge is 0.465 e.